The van der Waals surface area contributed by atoms with Crippen molar-refractivity contribution in [3.63, 3.8) is 0 Å². The van der Waals surface area contributed by atoms with Crippen LogP contribution in [0.3, 0.4) is 0 Å². The van der Waals surface area contributed by atoms with Crippen LogP contribution in [0.5, 0.6) is 0 Å². The lowest BCUT2D eigenvalue weighted by Crippen LogP contribution is -2.35. The highest BCUT2D eigenvalue weighted by Crippen LogP contribution is 2.17. The highest BCUT2D eigenvalue weighted by Gasteiger charge is 2.17. The Balaban J connectivity index is 2.70. The van der Waals surface area contributed by atoms with E-state index >= 15 is 0 Å². The zero-order chi connectivity index (χ0) is 12.0. The smallest absolute Gasteiger partial charge is 0.264 e. The van der Waals surface area contributed by atoms with Gasteiger partial charge in [0.15, 0.2) is 0 Å². The molecule has 0 N–H and O–H groups in total. The molecule has 1 aromatic heterocycles. The molecule has 1 heterocycles. The van der Waals surface area contributed by atoms with E-state index in [0.717, 1.165) is 15.8 Å². The number of hydrogen-bond acceptors (Lipinski definition) is 3. The summed E-state index contributed by atoms with van der Waals surface area (Å²) in [4.78, 5) is 14.8. The Morgan fingerprint density at radius 2 is 2.31 bits per heavy atom. The zero-order valence-electron chi connectivity index (χ0n) is 9.53. The van der Waals surface area contributed by atoms with Crippen molar-refractivity contribution >= 4 is 33.2 Å². The van der Waals surface area contributed by atoms with Gasteiger partial charge in [-0.25, -0.2) is 0 Å². The molecule has 3 nitrogen and oxygen atoms in total. The first-order valence-corrected chi connectivity index (χ1v) is 7.09. The van der Waals surface area contributed by atoms with E-state index in [2.05, 4.69) is 15.9 Å². The Kier molecular flexibility index (Phi) is 6.01. The Hall–Kier alpha value is -0.390. The van der Waals surface area contributed by atoms with Gasteiger partial charge < -0.3 is 9.64 Å². The van der Waals surface area contributed by atoms with Gasteiger partial charge >= 0.3 is 0 Å². The lowest BCUT2D eigenvalue weighted by Gasteiger charge is -2.21. The molecule has 0 radical (unpaired) electrons. The first kappa shape index (κ1) is 13.7. The molecule has 0 aromatic carbocycles. The van der Waals surface area contributed by atoms with Crippen molar-refractivity contribution in [3.8, 4) is 0 Å². The van der Waals surface area contributed by atoms with Crippen molar-refractivity contribution in [3.05, 3.63) is 21.9 Å². The zero-order valence-corrected chi connectivity index (χ0v) is 11.9. The third-order valence-electron chi connectivity index (χ3n) is 2.26. The van der Waals surface area contributed by atoms with Gasteiger partial charge in [0.1, 0.15) is 0 Å². The van der Waals surface area contributed by atoms with Gasteiger partial charge in [0.25, 0.3) is 5.91 Å². The van der Waals surface area contributed by atoms with Gasteiger partial charge in [0.05, 0.1) is 11.5 Å². The van der Waals surface area contributed by atoms with Crippen molar-refractivity contribution in [2.24, 2.45) is 0 Å². The van der Waals surface area contributed by atoms with E-state index in [9.17, 15) is 4.79 Å². The summed E-state index contributed by atoms with van der Waals surface area (Å²) in [6, 6.07) is 1.97. The highest BCUT2D eigenvalue weighted by atomic mass is 79.9. The number of carbonyl (C=O) groups is 1. The average Bonchev–Trinajstić information content (AvgIpc) is 2.69. The summed E-state index contributed by atoms with van der Waals surface area (Å²) in [5.74, 6) is 0.101. The molecule has 0 bridgehead atoms. The van der Waals surface area contributed by atoms with Crippen LogP contribution in [0.4, 0.5) is 0 Å². The number of aryl methyl sites for hydroxylation is 1. The van der Waals surface area contributed by atoms with Gasteiger partial charge in [-0.05, 0) is 23.9 Å². The van der Waals surface area contributed by atoms with E-state index in [0.29, 0.717) is 19.7 Å². The second-order valence-electron chi connectivity index (χ2n) is 3.41. The van der Waals surface area contributed by atoms with Crippen LogP contribution in [0.1, 0.15) is 15.2 Å². The molecule has 5 heteroatoms. The summed E-state index contributed by atoms with van der Waals surface area (Å²) >= 11 is 4.86. The number of halogens is 1. The molecule has 0 aliphatic carbocycles. The molecule has 1 rings (SSSR count). The molecule has 0 unspecified atom stereocenters. The normalized spacial score (nSPS) is 10.4. The van der Waals surface area contributed by atoms with Crippen LogP contribution < -0.4 is 0 Å². The van der Waals surface area contributed by atoms with E-state index in [1.807, 2.05) is 23.3 Å². The third-order valence-corrected chi connectivity index (χ3v) is 3.62. The Labute approximate surface area is 109 Å². The second-order valence-corrected chi connectivity index (χ2v) is 5.12. The fraction of sp³-hybridized carbons (Fsp3) is 0.545. The summed E-state index contributed by atoms with van der Waals surface area (Å²) in [6.45, 7) is 3.88. The summed E-state index contributed by atoms with van der Waals surface area (Å²) in [7, 11) is 1.65. The minimum Gasteiger partial charge on any atom is -0.383 e. The molecule has 90 valence electrons. The quantitative estimate of drug-likeness (QED) is 0.756. The van der Waals surface area contributed by atoms with Crippen LogP contribution in [-0.2, 0) is 4.74 Å². The summed E-state index contributed by atoms with van der Waals surface area (Å²) in [5, 5.41) is 2.73. The van der Waals surface area contributed by atoms with Crippen LogP contribution in [0.25, 0.3) is 0 Å². The first-order chi connectivity index (χ1) is 7.70. The maximum absolute atomic E-state index is 12.2. The first-order valence-electron chi connectivity index (χ1n) is 5.09. The van der Waals surface area contributed by atoms with Crippen molar-refractivity contribution in [2.75, 3.05) is 32.1 Å². The van der Waals surface area contributed by atoms with Crippen molar-refractivity contribution in [1.29, 1.82) is 0 Å². The van der Waals surface area contributed by atoms with E-state index < -0.39 is 0 Å². The standard InChI is InChI=1S/C11H16BrNO2S/c1-9-3-8-16-10(9)11(14)13(5-4-12)6-7-15-2/h3,8H,4-7H2,1-2H3. The number of ether oxygens (including phenoxy) is 1. The SMILES string of the molecule is COCCN(CCBr)C(=O)c1sccc1C. The van der Waals surface area contributed by atoms with E-state index in [1.54, 1.807) is 7.11 Å². The van der Waals surface area contributed by atoms with Crippen LogP contribution in [0.15, 0.2) is 11.4 Å². The molecular weight excluding hydrogens is 290 g/mol. The molecule has 16 heavy (non-hydrogen) atoms. The second kappa shape index (κ2) is 7.04. The maximum Gasteiger partial charge on any atom is 0.264 e. The van der Waals surface area contributed by atoms with Crippen molar-refractivity contribution in [2.45, 2.75) is 6.92 Å². The molecule has 0 saturated heterocycles. The number of thiophene rings is 1. The van der Waals surface area contributed by atoms with Gasteiger partial charge in [-0.1, -0.05) is 15.9 Å². The van der Waals surface area contributed by atoms with Gasteiger partial charge in [0.2, 0.25) is 0 Å². The lowest BCUT2D eigenvalue weighted by molar-refractivity contribution is 0.0713. The predicted molar refractivity (Wildman–Crippen MR) is 70.6 cm³/mol. The number of alkyl halides is 1. The van der Waals surface area contributed by atoms with Crippen LogP contribution >= 0.6 is 27.3 Å². The number of rotatable bonds is 6. The average molecular weight is 306 g/mol. The highest BCUT2D eigenvalue weighted by molar-refractivity contribution is 9.09. The van der Waals surface area contributed by atoms with Crippen molar-refractivity contribution in [1.82, 2.24) is 4.90 Å². The van der Waals surface area contributed by atoms with E-state index in [4.69, 9.17) is 4.74 Å². The van der Waals surface area contributed by atoms with Gasteiger partial charge in [-0.2, -0.15) is 0 Å². The van der Waals surface area contributed by atoms with Gasteiger partial charge in [0, 0.05) is 25.5 Å². The van der Waals surface area contributed by atoms with Gasteiger partial charge in [-0.3, -0.25) is 4.79 Å². The summed E-state index contributed by atoms with van der Waals surface area (Å²) < 4.78 is 5.01. The minimum atomic E-state index is 0.101. The summed E-state index contributed by atoms with van der Waals surface area (Å²) in [5.41, 5.74) is 1.05. The number of carbonyl (C=O) groups excluding carboxylic acids is 1. The Morgan fingerprint density at radius 3 is 2.81 bits per heavy atom. The molecule has 0 atom stereocenters. The molecule has 0 saturated carbocycles. The number of amides is 1. The van der Waals surface area contributed by atoms with Crippen LogP contribution in [-0.4, -0.2) is 42.9 Å². The summed E-state index contributed by atoms with van der Waals surface area (Å²) in [6.07, 6.45) is 0. The fourth-order valence-corrected chi connectivity index (χ4v) is 2.67. The molecular formula is C11H16BrNO2S. The van der Waals surface area contributed by atoms with E-state index in [1.165, 1.54) is 11.3 Å². The van der Waals surface area contributed by atoms with Crippen molar-refractivity contribution < 1.29 is 9.53 Å². The number of hydrogen-bond donors (Lipinski definition) is 0. The molecule has 0 fully saturated rings. The molecule has 0 aliphatic heterocycles. The minimum absolute atomic E-state index is 0.101. The van der Waals surface area contributed by atoms with Crippen LogP contribution in [0.2, 0.25) is 0 Å². The molecule has 0 aliphatic rings. The monoisotopic (exact) mass is 305 g/mol. The number of methoxy groups -OCH3 is 1. The van der Waals surface area contributed by atoms with Crippen LogP contribution in [0, 0.1) is 6.92 Å². The lowest BCUT2D eigenvalue weighted by atomic mass is 10.2. The topological polar surface area (TPSA) is 29.5 Å². The maximum atomic E-state index is 12.2. The predicted octanol–water partition coefficient (Wildman–Crippen LogP) is 2.54. The number of nitrogens with zero attached hydrogens (tertiary/aromatic N) is 1. The van der Waals surface area contributed by atoms with E-state index in [-0.39, 0.29) is 5.91 Å². The molecule has 0 spiro atoms. The van der Waals surface area contributed by atoms with Gasteiger partial charge in [-0.15, -0.1) is 11.3 Å². The Bertz CT molecular complexity index is 340. The fourth-order valence-electron chi connectivity index (χ4n) is 1.35. The largest absolute Gasteiger partial charge is 0.383 e. The Morgan fingerprint density at radius 1 is 1.56 bits per heavy atom. The molecule has 1 amide bonds. The molecule has 1 aromatic rings. The third kappa shape index (κ3) is 3.57.